The van der Waals surface area contributed by atoms with Gasteiger partial charge in [0.2, 0.25) is 0 Å². The summed E-state index contributed by atoms with van der Waals surface area (Å²) < 4.78 is 39.9. The first-order chi connectivity index (χ1) is 11.8. The van der Waals surface area contributed by atoms with Crippen LogP contribution in [0.1, 0.15) is 33.1 Å². The van der Waals surface area contributed by atoms with E-state index in [0.29, 0.717) is 11.8 Å². The Morgan fingerprint density at radius 3 is 2.44 bits per heavy atom. The highest BCUT2D eigenvalue weighted by atomic mass is 19.4. The van der Waals surface area contributed by atoms with Crippen molar-refractivity contribution in [2.45, 2.75) is 18.6 Å². The maximum absolute atomic E-state index is 13.3. The molecule has 0 aliphatic rings. The van der Waals surface area contributed by atoms with Crippen LogP contribution in [0.4, 0.5) is 13.2 Å². The van der Waals surface area contributed by atoms with Crippen LogP contribution in [0.25, 0.3) is 0 Å². The van der Waals surface area contributed by atoms with Crippen molar-refractivity contribution < 1.29 is 22.8 Å². The van der Waals surface area contributed by atoms with Gasteiger partial charge in [-0.2, -0.15) is 18.4 Å². The van der Waals surface area contributed by atoms with Crippen LogP contribution in [0, 0.1) is 11.3 Å². The first-order valence-electron chi connectivity index (χ1n) is 7.25. The molecule has 0 heterocycles. The van der Waals surface area contributed by atoms with E-state index in [1.165, 1.54) is 42.5 Å². The van der Waals surface area contributed by atoms with E-state index in [9.17, 15) is 22.8 Å². The number of hydrogen-bond donors (Lipinski definition) is 1. The number of nitriles is 1. The summed E-state index contributed by atoms with van der Waals surface area (Å²) in [4.78, 5) is 22.9. The van der Waals surface area contributed by atoms with Crippen LogP contribution in [-0.4, -0.2) is 18.4 Å². The highest BCUT2D eigenvalue weighted by molar-refractivity contribution is 5.95. The van der Waals surface area contributed by atoms with Gasteiger partial charge in [-0.05, 0) is 29.3 Å². The Morgan fingerprint density at radius 2 is 1.88 bits per heavy atom. The van der Waals surface area contributed by atoms with Crippen molar-refractivity contribution in [2.24, 2.45) is 0 Å². The van der Waals surface area contributed by atoms with Crippen LogP contribution in [0.5, 0.6) is 0 Å². The van der Waals surface area contributed by atoms with E-state index in [1.807, 2.05) is 11.4 Å². The maximum Gasteiger partial charge on any atom is 0.412 e. The molecule has 0 aliphatic heterocycles. The second-order valence-electron chi connectivity index (χ2n) is 5.26. The van der Waals surface area contributed by atoms with Crippen LogP contribution in [0.2, 0.25) is 0 Å². The van der Waals surface area contributed by atoms with Crippen LogP contribution in [-0.2, 0) is 11.2 Å². The lowest BCUT2D eigenvalue weighted by Gasteiger charge is -2.22. The van der Waals surface area contributed by atoms with Crippen molar-refractivity contribution in [1.82, 2.24) is 5.32 Å². The topological polar surface area (TPSA) is 70.0 Å². The monoisotopic (exact) mass is 346 g/mol. The second-order valence-corrected chi connectivity index (χ2v) is 5.26. The highest BCUT2D eigenvalue weighted by Crippen LogP contribution is 2.32. The molecule has 1 amide bonds. The lowest BCUT2D eigenvalue weighted by molar-refractivity contribution is -0.155. The van der Waals surface area contributed by atoms with Gasteiger partial charge in [0.15, 0.2) is 6.04 Å². The van der Waals surface area contributed by atoms with Crippen molar-refractivity contribution in [3.63, 3.8) is 0 Å². The minimum atomic E-state index is -4.69. The van der Waals surface area contributed by atoms with Crippen LogP contribution in [0.15, 0.2) is 48.5 Å². The molecule has 0 saturated heterocycles. The van der Waals surface area contributed by atoms with E-state index in [0.717, 1.165) is 0 Å². The van der Waals surface area contributed by atoms with E-state index in [2.05, 4.69) is 0 Å². The quantitative estimate of drug-likeness (QED) is 0.844. The third-order valence-electron chi connectivity index (χ3n) is 3.44. The summed E-state index contributed by atoms with van der Waals surface area (Å²) >= 11 is 0. The average molecular weight is 346 g/mol. The van der Waals surface area contributed by atoms with Crippen molar-refractivity contribution in [3.05, 3.63) is 70.8 Å². The van der Waals surface area contributed by atoms with Crippen LogP contribution < -0.4 is 5.32 Å². The number of rotatable bonds is 5. The molecule has 128 valence electrons. The molecule has 25 heavy (non-hydrogen) atoms. The molecule has 0 radical (unpaired) electrons. The van der Waals surface area contributed by atoms with Gasteiger partial charge in [0.1, 0.15) is 6.29 Å². The molecule has 0 saturated carbocycles. The first kappa shape index (κ1) is 18.2. The number of amides is 1. The molecule has 2 aromatic rings. The van der Waals surface area contributed by atoms with Gasteiger partial charge < -0.3 is 10.1 Å². The third kappa shape index (κ3) is 4.67. The molecule has 0 bridgehead atoms. The van der Waals surface area contributed by atoms with E-state index in [1.54, 1.807) is 6.07 Å². The molecular formula is C18H13F3N2O2. The Morgan fingerprint density at radius 1 is 1.20 bits per heavy atom. The van der Waals surface area contributed by atoms with Gasteiger partial charge in [-0.15, -0.1) is 0 Å². The lowest BCUT2D eigenvalue weighted by atomic mass is 10.0. The minimum absolute atomic E-state index is 0.0445. The number of aldehydes is 1. The van der Waals surface area contributed by atoms with E-state index in [-0.39, 0.29) is 23.1 Å². The molecule has 2 rings (SSSR count). The zero-order valence-electron chi connectivity index (χ0n) is 12.9. The zero-order valence-corrected chi connectivity index (χ0v) is 12.9. The molecule has 0 unspecified atom stereocenters. The highest BCUT2D eigenvalue weighted by Gasteiger charge is 2.41. The number of benzene rings is 2. The largest absolute Gasteiger partial charge is 0.412 e. The normalized spacial score (nSPS) is 12.1. The molecule has 0 aliphatic carbocycles. The predicted molar refractivity (Wildman–Crippen MR) is 83.6 cm³/mol. The molecule has 0 fully saturated rings. The molecule has 4 nitrogen and oxygen atoms in total. The number of hydrogen-bond acceptors (Lipinski definition) is 3. The van der Waals surface area contributed by atoms with E-state index in [4.69, 9.17) is 5.26 Å². The number of nitrogens with zero attached hydrogens (tertiary/aromatic N) is 1. The summed E-state index contributed by atoms with van der Waals surface area (Å²) in [7, 11) is 0. The van der Waals surface area contributed by atoms with Crippen molar-refractivity contribution >= 4 is 12.2 Å². The second kappa shape index (κ2) is 7.62. The van der Waals surface area contributed by atoms with Crippen molar-refractivity contribution in [2.75, 3.05) is 0 Å². The Hall–Kier alpha value is -3.14. The van der Waals surface area contributed by atoms with Gasteiger partial charge in [0, 0.05) is 12.0 Å². The van der Waals surface area contributed by atoms with Gasteiger partial charge in [0.05, 0.1) is 11.6 Å². The Bertz CT molecular complexity index is 811. The fraction of sp³-hybridized carbons (Fsp3) is 0.167. The smallest absolute Gasteiger partial charge is 0.337 e. The Balaban J connectivity index is 2.34. The number of halogens is 3. The summed E-state index contributed by atoms with van der Waals surface area (Å²) in [5, 5.41) is 10.9. The molecule has 2 aromatic carbocycles. The van der Waals surface area contributed by atoms with Gasteiger partial charge in [-0.3, -0.25) is 4.79 Å². The van der Waals surface area contributed by atoms with Crippen LogP contribution >= 0.6 is 0 Å². The number of carbonyl (C=O) groups is 2. The number of alkyl halides is 3. The summed E-state index contributed by atoms with van der Waals surface area (Å²) in [6, 6.07) is 10.5. The maximum atomic E-state index is 13.3. The molecule has 1 atom stereocenters. The Kier molecular flexibility index (Phi) is 5.55. The van der Waals surface area contributed by atoms with Gasteiger partial charge in [0.25, 0.3) is 5.91 Å². The molecule has 1 N–H and O–H groups in total. The zero-order chi connectivity index (χ0) is 18.4. The third-order valence-corrected chi connectivity index (χ3v) is 3.44. The standard InChI is InChI=1S/C18H13F3N2O2/c19-18(20,21)16(14-4-2-1-3-5-14)23-17(25)15-9-12(6-7-24)8-13(10-15)11-22/h1-5,7-10,16H,6H2,(H,23,25)/t16-/m1/s1. The van der Waals surface area contributed by atoms with E-state index < -0.39 is 18.1 Å². The summed E-state index contributed by atoms with van der Waals surface area (Å²) in [6.07, 6.45) is -4.15. The van der Waals surface area contributed by atoms with Crippen LogP contribution in [0.3, 0.4) is 0 Å². The van der Waals surface area contributed by atoms with Gasteiger partial charge in [-0.1, -0.05) is 30.3 Å². The fourth-order valence-corrected chi connectivity index (χ4v) is 2.32. The van der Waals surface area contributed by atoms with Crippen molar-refractivity contribution in [3.8, 4) is 6.07 Å². The minimum Gasteiger partial charge on any atom is -0.337 e. The van der Waals surface area contributed by atoms with Gasteiger partial charge >= 0.3 is 6.18 Å². The SMILES string of the molecule is N#Cc1cc(CC=O)cc(C(=O)N[C@H](c2ccccc2)C(F)(F)F)c1. The van der Waals surface area contributed by atoms with Crippen molar-refractivity contribution in [1.29, 1.82) is 5.26 Å². The first-order valence-corrected chi connectivity index (χ1v) is 7.25. The summed E-state index contributed by atoms with van der Waals surface area (Å²) in [5.41, 5.74) is 0.254. The number of nitrogens with one attached hydrogen (secondary N) is 1. The predicted octanol–water partition coefficient (Wildman–Crippen LogP) is 3.33. The fourth-order valence-electron chi connectivity index (χ4n) is 2.32. The molecule has 0 spiro atoms. The summed E-state index contributed by atoms with van der Waals surface area (Å²) in [5.74, 6) is -0.976. The molecular weight excluding hydrogens is 333 g/mol. The van der Waals surface area contributed by atoms with E-state index >= 15 is 0 Å². The lowest BCUT2D eigenvalue weighted by Crippen LogP contribution is -2.38. The summed E-state index contributed by atoms with van der Waals surface area (Å²) in [6.45, 7) is 0. The molecule has 0 aromatic heterocycles. The molecule has 7 heteroatoms. The van der Waals surface area contributed by atoms with Gasteiger partial charge in [-0.25, -0.2) is 0 Å². The number of carbonyl (C=O) groups excluding carboxylic acids is 2. The Labute approximate surface area is 141 Å². The average Bonchev–Trinajstić information content (AvgIpc) is 2.59.